The number of amides is 4. The van der Waals surface area contributed by atoms with Crippen molar-refractivity contribution in [3.05, 3.63) is 70.6 Å². The summed E-state index contributed by atoms with van der Waals surface area (Å²) in [7, 11) is 2.90. The van der Waals surface area contributed by atoms with Crippen LogP contribution in [-0.2, 0) is 38.2 Å². The van der Waals surface area contributed by atoms with E-state index in [4.69, 9.17) is 19.9 Å². The number of aliphatic hydroxyl groups excluding tert-OH is 1. The van der Waals surface area contributed by atoms with Gasteiger partial charge in [-0.1, -0.05) is 44.2 Å². The number of nitrogens with one attached hydrogen (secondary N) is 3. The Morgan fingerprint density at radius 3 is 2.46 bits per heavy atom. The minimum Gasteiger partial charge on any atom is -0.439 e. The molecule has 0 aromatic heterocycles. The van der Waals surface area contributed by atoms with E-state index >= 15 is 0 Å². The van der Waals surface area contributed by atoms with E-state index in [0.717, 1.165) is 6.08 Å². The molecule has 0 aromatic rings. The number of hydrogen-bond donors (Lipinski definition) is 5. The minimum atomic E-state index is -1.02. The maximum atomic E-state index is 13.9. The second-order valence-corrected chi connectivity index (χ2v) is 13.9. The lowest BCUT2D eigenvalue weighted by molar-refractivity contribution is -0.125. The van der Waals surface area contributed by atoms with Gasteiger partial charge in [-0.25, -0.2) is 4.79 Å². The third kappa shape index (κ3) is 12.6. The molecule has 0 aromatic carbocycles. The molecule has 0 fully saturated rings. The first kappa shape index (κ1) is 43.5. The van der Waals surface area contributed by atoms with E-state index in [9.17, 15) is 33.9 Å². The van der Waals surface area contributed by atoms with Crippen molar-refractivity contribution in [1.29, 1.82) is 0 Å². The average Bonchev–Trinajstić information content (AvgIpc) is 3.53. The molecular weight excluding hydrogens is 698 g/mol. The van der Waals surface area contributed by atoms with Crippen molar-refractivity contribution in [2.75, 3.05) is 40.4 Å². The summed E-state index contributed by atoms with van der Waals surface area (Å²) in [5.74, 6) is -2.58. The van der Waals surface area contributed by atoms with Crippen LogP contribution in [0.4, 0.5) is 4.79 Å². The maximum Gasteiger partial charge on any atom is 0.405 e. The lowest BCUT2D eigenvalue weighted by atomic mass is 9.85. The fraction of sp³-hybridized carbons (Fsp3) is 0.538. The highest BCUT2D eigenvalue weighted by Crippen LogP contribution is 2.29. The predicted octanol–water partition coefficient (Wildman–Crippen LogP) is 2.04. The number of allylic oxidation sites excluding steroid dienone is 4. The number of fused-ring (bicyclic) bond motifs is 2. The Kier molecular flexibility index (Phi) is 17.0. The molecule has 0 saturated heterocycles. The molecule has 1 aliphatic carbocycles. The lowest BCUT2D eigenvalue weighted by Crippen LogP contribution is -2.38. The number of nitrogens with two attached hydrogens (primary N) is 1. The Labute approximate surface area is 316 Å². The van der Waals surface area contributed by atoms with E-state index < -0.39 is 53.9 Å². The first-order valence-corrected chi connectivity index (χ1v) is 18.2. The summed E-state index contributed by atoms with van der Waals surface area (Å²) in [6, 6.07) is 0. The van der Waals surface area contributed by atoms with Crippen LogP contribution in [0.1, 0.15) is 59.8 Å². The lowest BCUT2D eigenvalue weighted by Gasteiger charge is -2.30. The van der Waals surface area contributed by atoms with E-state index in [1.165, 1.54) is 39.4 Å². The van der Waals surface area contributed by atoms with E-state index in [-0.39, 0.29) is 59.7 Å². The molecule has 0 unspecified atom stereocenters. The largest absolute Gasteiger partial charge is 0.439 e. The molecule has 0 radical (unpaired) electrons. The van der Waals surface area contributed by atoms with Crippen LogP contribution in [0.2, 0.25) is 0 Å². The van der Waals surface area contributed by atoms with Crippen LogP contribution < -0.4 is 21.7 Å². The van der Waals surface area contributed by atoms with Crippen molar-refractivity contribution >= 4 is 35.4 Å². The van der Waals surface area contributed by atoms with Crippen molar-refractivity contribution in [1.82, 2.24) is 20.9 Å². The molecule has 4 amide bonds. The Hall–Kier alpha value is -4.86. The normalized spacial score (nSPS) is 28.4. The van der Waals surface area contributed by atoms with Gasteiger partial charge in [-0.15, -0.1) is 0 Å². The third-order valence-electron chi connectivity index (χ3n) is 9.50. The molecule has 6 atom stereocenters. The number of carbonyl (C=O) groups excluding carboxylic acids is 6. The average molecular weight is 754 g/mol. The van der Waals surface area contributed by atoms with Crippen LogP contribution in [0.15, 0.2) is 70.6 Å². The second-order valence-electron chi connectivity index (χ2n) is 13.9. The van der Waals surface area contributed by atoms with Gasteiger partial charge in [-0.2, -0.15) is 0 Å². The number of Topliss-reactive ketones (excluding diaryl/α,β-unsaturated/α-hetero) is 1. The van der Waals surface area contributed by atoms with Gasteiger partial charge in [0, 0.05) is 76.0 Å². The van der Waals surface area contributed by atoms with Crippen LogP contribution in [0, 0.1) is 11.8 Å². The van der Waals surface area contributed by atoms with Gasteiger partial charge >= 0.3 is 6.09 Å². The van der Waals surface area contributed by atoms with Crippen molar-refractivity contribution in [2.45, 2.75) is 84.2 Å². The number of hydrogen-bond acceptors (Lipinski definition) is 11. The van der Waals surface area contributed by atoms with E-state index in [1.54, 1.807) is 37.0 Å². The zero-order valence-electron chi connectivity index (χ0n) is 32.0. The first-order valence-electron chi connectivity index (χ1n) is 18.2. The fourth-order valence-corrected chi connectivity index (χ4v) is 6.50. The first-order chi connectivity index (χ1) is 25.7. The standard InChI is InChI=1S/C39H55N5O10/c1-23-19-27-34(42-16-10-15-41-32(46)13-8-17-44-18-9-14-33(44)47)29(45)22-28(36(27)49)43-38(50)24(2)11-7-12-30(52-5)37(54-39(40)51)26(4)21-25(3)35(48)31(20-23)53-6/h7,9,11-12,14,21-23,25,30-31,35,37,42,48H,8,10,13,15-20H2,1-6H3,(H2,40,51)(H,41,46)(H,43,50)/b12-7-,24-11+,26-21+/t23-,25+,30+,31+,35-,37+/m1/s1. The van der Waals surface area contributed by atoms with E-state index in [1.807, 2.05) is 6.92 Å². The molecule has 0 spiro atoms. The molecule has 6 N–H and O–H groups in total. The summed E-state index contributed by atoms with van der Waals surface area (Å²) in [6.45, 7) is 8.57. The van der Waals surface area contributed by atoms with Gasteiger partial charge in [0.25, 0.3) is 5.91 Å². The van der Waals surface area contributed by atoms with Gasteiger partial charge in [-0.3, -0.25) is 24.0 Å². The number of nitrogens with zero attached hydrogens (tertiary/aromatic N) is 1. The van der Waals surface area contributed by atoms with E-state index in [0.29, 0.717) is 44.5 Å². The maximum absolute atomic E-state index is 13.9. The molecule has 54 heavy (non-hydrogen) atoms. The Bertz CT molecular complexity index is 1610. The van der Waals surface area contributed by atoms with Gasteiger partial charge in [0.15, 0.2) is 6.10 Å². The summed E-state index contributed by atoms with van der Waals surface area (Å²) in [5.41, 5.74) is 6.27. The molecular formula is C39H55N5O10. The third-order valence-corrected chi connectivity index (χ3v) is 9.50. The van der Waals surface area contributed by atoms with Crippen LogP contribution in [-0.4, -0.2) is 110 Å². The molecule has 0 saturated carbocycles. The van der Waals surface area contributed by atoms with Crippen molar-refractivity contribution in [2.24, 2.45) is 17.6 Å². The number of ether oxygens (including phenoxy) is 3. The smallest absolute Gasteiger partial charge is 0.405 e. The molecule has 2 bridgehead atoms. The highest BCUT2D eigenvalue weighted by molar-refractivity contribution is 6.23. The number of carbonyl (C=O) groups is 6. The molecule has 2 aliphatic heterocycles. The Morgan fingerprint density at radius 2 is 1.81 bits per heavy atom. The number of ketones is 2. The number of aliphatic hydroxyl groups is 1. The number of primary amides is 1. The summed E-state index contributed by atoms with van der Waals surface area (Å²) >= 11 is 0. The Balaban J connectivity index is 1.82. The highest BCUT2D eigenvalue weighted by atomic mass is 16.6. The fourth-order valence-electron chi connectivity index (χ4n) is 6.50. The molecule has 15 nitrogen and oxygen atoms in total. The van der Waals surface area contributed by atoms with Crippen molar-refractivity contribution < 1.29 is 48.1 Å². The molecule has 2 heterocycles. The summed E-state index contributed by atoms with van der Waals surface area (Å²) < 4.78 is 16.7. The zero-order valence-corrected chi connectivity index (χ0v) is 32.0. The quantitative estimate of drug-likeness (QED) is 0.110. The summed E-state index contributed by atoms with van der Waals surface area (Å²) in [4.78, 5) is 78.1. The van der Waals surface area contributed by atoms with Gasteiger partial charge in [-0.05, 0) is 51.0 Å². The van der Waals surface area contributed by atoms with Gasteiger partial charge < -0.3 is 45.9 Å². The highest BCUT2D eigenvalue weighted by Gasteiger charge is 2.33. The zero-order chi connectivity index (χ0) is 39.9. The van der Waals surface area contributed by atoms with Crippen molar-refractivity contribution in [3.63, 3.8) is 0 Å². The topological polar surface area (TPSA) is 216 Å². The predicted molar refractivity (Wildman–Crippen MR) is 200 cm³/mol. The number of methoxy groups -OCH3 is 2. The van der Waals surface area contributed by atoms with Gasteiger partial charge in [0.2, 0.25) is 23.4 Å². The van der Waals surface area contributed by atoms with Crippen LogP contribution in [0.3, 0.4) is 0 Å². The molecule has 3 aliphatic rings. The van der Waals surface area contributed by atoms with Gasteiger partial charge in [0.1, 0.15) is 6.10 Å². The molecule has 296 valence electrons. The molecule has 3 rings (SSSR count). The SMILES string of the molecule is CO[C@H]1/C=C\C=C(/C)C(=O)NC2=CC(=O)C(NCCCNC(=O)CCCN3CC=CC3=O)=C(C[C@@H](C)C[C@H](OC)[C@H](O)[C@@H](C)/C=C(\C)[C@@H]1OC(N)=O)C2=O. The van der Waals surface area contributed by atoms with Crippen molar-refractivity contribution in [3.8, 4) is 0 Å². The Morgan fingerprint density at radius 1 is 1.07 bits per heavy atom. The monoisotopic (exact) mass is 753 g/mol. The van der Waals surface area contributed by atoms with Crippen LogP contribution in [0.5, 0.6) is 0 Å². The van der Waals surface area contributed by atoms with Crippen LogP contribution >= 0.6 is 0 Å². The van der Waals surface area contributed by atoms with E-state index in [2.05, 4.69) is 16.0 Å². The minimum absolute atomic E-state index is 0.0530. The summed E-state index contributed by atoms with van der Waals surface area (Å²) in [5, 5.41) is 19.9. The second kappa shape index (κ2) is 21.1. The van der Waals surface area contributed by atoms with Crippen LogP contribution in [0.25, 0.3) is 0 Å². The number of rotatable bonds is 12. The molecule has 15 heteroatoms. The summed E-state index contributed by atoms with van der Waals surface area (Å²) in [6.07, 6.45) is 7.98. The van der Waals surface area contributed by atoms with Gasteiger partial charge in [0.05, 0.1) is 23.6 Å².